The van der Waals surface area contributed by atoms with E-state index in [9.17, 15) is 0 Å². The van der Waals surface area contributed by atoms with Crippen LogP contribution in [0.1, 0.15) is 76.3 Å². The SMILES string of the molecule is C=C/C(Cl)=C(\C(Cl)=C/C)c1noc(C2CC2)c1CNC(CC)CC(C)NCC. The largest absolute Gasteiger partial charge is 0.360 e. The average Bonchev–Trinajstić information content (AvgIpc) is 3.46. The predicted molar refractivity (Wildman–Crippen MR) is 120 cm³/mol. The van der Waals surface area contributed by atoms with Crippen LogP contribution in [0.2, 0.25) is 0 Å². The molecule has 2 atom stereocenters. The highest BCUT2D eigenvalue weighted by Gasteiger charge is 2.33. The van der Waals surface area contributed by atoms with E-state index in [1.807, 2.05) is 13.0 Å². The molecule has 6 heteroatoms. The van der Waals surface area contributed by atoms with E-state index in [0.29, 0.717) is 40.2 Å². The number of rotatable bonds is 12. The molecule has 4 nitrogen and oxygen atoms in total. The van der Waals surface area contributed by atoms with E-state index in [-0.39, 0.29) is 0 Å². The minimum Gasteiger partial charge on any atom is -0.360 e. The summed E-state index contributed by atoms with van der Waals surface area (Å²) in [6.07, 6.45) is 7.82. The zero-order valence-electron chi connectivity index (χ0n) is 17.4. The van der Waals surface area contributed by atoms with Crippen LogP contribution in [0, 0.1) is 0 Å². The molecule has 0 amide bonds. The normalized spacial score (nSPS) is 18.0. The lowest BCUT2D eigenvalue weighted by atomic mass is 10.0. The van der Waals surface area contributed by atoms with Gasteiger partial charge in [0.15, 0.2) is 0 Å². The topological polar surface area (TPSA) is 50.1 Å². The van der Waals surface area contributed by atoms with Gasteiger partial charge in [0.1, 0.15) is 11.5 Å². The summed E-state index contributed by atoms with van der Waals surface area (Å²) < 4.78 is 5.76. The second kappa shape index (κ2) is 11.2. The lowest BCUT2D eigenvalue weighted by Gasteiger charge is -2.22. The summed E-state index contributed by atoms with van der Waals surface area (Å²) in [6, 6.07) is 0.874. The molecule has 156 valence electrons. The van der Waals surface area contributed by atoms with Gasteiger partial charge in [0, 0.05) is 40.7 Å². The maximum Gasteiger partial charge on any atom is 0.144 e. The van der Waals surface area contributed by atoms with Crippen LogP contribution in [-0.2, 0) is 6.54 Å². The van der Waals surface area contributed by atoms with Crippen molar-refractivity contribution in [3.63, 3.8) is 0 Å². The predicted octanol–water partition coefficient (Wildman–Crippen LogP) is 6.09. The summed E-state index contributed by atoms with van der Waals surface area (Å²) in [5.74, 6) is 1.41. The molecule has 1 heterocycles. The van der Waals surface area contributed by atoms with E-state index in [2.05, 4.69) is 43.1 Å². The zero-order chi connectivity index (χ0) is 20.7. The van der Waals surface area contributed by atoms with Crippen LogP contribution in [0.5, 0.6) is 0 Å². The first-order valence-electron chi connectivity index (χ1n) is 10.3. The molecule has 2 rings (SSSR count). The van der Waals surface area contributed by atoms with Crippen molar-refractivity contribution in [2.75, 3.05) is 6.54 Å². The van der Waals surface area contributed by atoms with Crippen molar-refractivity contribution < 1.29 is 4.52 Å². The smallest absolute Gasteiger partial charge is 0.144 e. The molecule has 0 bridgehead atoms. The molecule has 0 saturated heterocycles. The molecular formula is C22H33Cl2N3O. The van der Waals surface area contributed by atoms with Crippen LogP contribution in [-0.4, -0.2) is 23.8 Å². The Bertz CT molecular complexity index is 719. The van der Waals surface area contributed by atoms with Crippen molar-refractivity contribution >= 4 is 28.8 Å². The van der Waals surface area contributed by atoms with Gasteiger partial charge in [-0.15, -0.1) is 0 Å². The summed E-state index contributed by atoms with van der Waals surface area (Å²) >= 11 is 12.9. The molecule has 2 unspecified atom stereocenters. The number of halogens is 2. The fraction of sp³-hybridized carbons (Fsp3) is 0.591. The quantitative estimate of drug-likeness (QED) is 0.397. The number of allylic oxidation sites excluding steroid dienone is 5. The maximum atomic E-state index is 6.47. The van der Waals surface area contributed by atoms with E-state index in [0.717, 1.165) is 49.2 Å². The first-order valence-corrected chi connectivity index (χ1v) is 11.0. The zero-order valence-corrected chi connectivity index (χ0v) is 19.0. The molecule has 1 saturated carbocycles. The van der Waals surface area contributed by atoms with Gasteiger partial charge < -0.3 is 15.2 Å². The Hall–Kier alpha value is -1.07. The van der Waals surface area contributed by atoms with Crippen LogP contribution >= 0.6 is 23.2 Å². The van der Waals surface area contributed by atoms with E-state index in [1.54, 1.807) is 6.08 Å². The van der Waals surface area contributed by atoms with Crippen molar-refractivity contribution in [2.24, 2.45) is 0 Å². The van der Waals surface area contributed by atoms with Gasteiger partial charge in [-0.2, -0.15) is 0 Å². The monoisotopic (exact) mass is 425 g/mol. The van der Waals surface area contributed by atoms with E-state index in [1.165, 1.54) is 0 Å². The van der Waals surface area contributed by atoms with Crippen molar-refractivity contribution in [1.29, 1.82) is 0 Å². The Morgan fingerprint density at radius 3 is 2.57 bits per heavy atom. The van der Waals surface area contributed by atoms with Crippen molar-refractivity contribution in [1.82, 2.24) is 15.8 Å². The third-order valence-corrected chi connectivity index (χ3v) is 5.92. The second-order valence-electron chi connectivity index (χ2n) is 7.39. The van der Waals surface area contributed by atoms with E-state index in [4.69, 9.17) is 27.7 Å². The molecule has 0 radical (unpaired) electrons. The van der Waals surface area contributed by atoms with Gasteiger partial charge in [-0.3, -0.25) is 0 Å². The number of hydrogen-bond acceptors (Lipinski definition) is 4. The molecule has 1 aromatic rings. The van der Waals surface area contributed by atoms with Gasteiger partial charge in [0.05, 0.1) is 5.03 Å². The molecule has 1 aliphatic carbocycles. The van der Waals surface area contributed by atoms with Crippen LogP contribution in [0.15, 0.2) is 33.3 Å². The molecule has 28 heavy (non-hydrogen) atoms. The second-order valence-corrected chi connectivity index (χ2v) is 8.21. The minimum absolute atomic E-state index is 0.406. The van der Waals surface area contributed by atoms with Crippen molar-refractivity contribution in [2.45, 2.75) is 77.9 Å². The summed E-state index contributed by atoms with van der Waals surface area (Å²) in [5.41, 5.74) is 2.46. The third kappa shape index (κ3) is 5.96. The molecule has 1 fully saturated rings. The molecule has 1 aromatic heterocycles. The summed E-state index contributed by atoms with van der Waals surface area (Å²) in [7, 11) is 0. The Morgan fingerprint density at radius 1 is 1.32 bits per heavy atom. The summed E-state index contributed by atoms with van der Waals surface area (Å²) in [6.45, 7) is 13.9. The van der Waals surface area contributed by atoms with Gasteiger partial charge >= 0.3 is 0 Å². The first kappa shape index (κ1) is 23.2. The summed E-state index contributed by atoms with van der Waals surface area (Å²) in [5, 5.41) is 12.6. The number of nitrogens with one attached hydrogen (secondary N) is 2. The fourth-order valence-corrected chi connectivity index (χ4v) is 3.87. The van der Waals surface area contributed by atoms with E-state index >= 15 is 0 Å². The van der Waals surface area contributed by atoms with Crippen molar-refractivity contribution in [3.05, 3.63) is 45.8 Å². The Balaban J connectivity index is 2.30. The maximum absolute atomic E-state index is 6.47. The van der Waals surface area contributed by atoms with Gasteiger partial charge in [-0.05, 0) is 52.2 Å². The Labute approximate surface area is 179 Å². The highest BCUT2D eigenvalue weighted by Crippen LogP contribution is 2.44. The number of nitrogens with zero attached hydrogens (tertiary/aromatic N) is 1. The highest BCUT2D eigenvalue weighted by molar-refractivity contribution is 6.42. The van der Waals surface area contributed by atoms with Crippen LogP contribution in [0.4, 0.5) is 0 Å². The van der Waals surface area contributed by atoms with Gasteiger partial charge in [0.2, 0.25) is 0 Å². The Kier molecular flexibility index (Phi) is 9.29. The fourth-order valence-electron chi connectivity index (χ4n) is 3.44. The Morgan fingerprint density at radius 2 is 2.04 bits per heavy atom. The summed E-state index contributed by atoms with van der Waals surface area (Å²) in [4.78, 5) is 0. The minimum atomic E-state index is 0.406. The first-order chi connectivity index (χ1) is 13.5. The lowest BCUT2D eigenvalue weighted by Crippen LogP contribution is -2.36. The molecule has 0 aromatic carbocycles. The van der Waals surface area contributed by atoms with Gasteiger partial charge in [0.25, 0.3) is 0 Å². The van der Waals surface area contributed by atoms with E-state index < -0.39 is 0 Å². The highest BCUT2D eigenvalue weighted by atomic mass is 35.5. The molecule has 0 aliphatic heterocycles. The number of aromatic nitrogens is 1. The molecule has 0 spiro atoms. The molecule has 1 aliphatic rings. The van der Waals surface area contributed by atoms with Crippen LogP contribution < -0.4 is 10.6 Å². The molecular weight excluding hydrogens is 393 g/mol. The third-order valence-electron chi connectivity index (χ3n) is 5.16. The van der Waals surface area contributed by atoms with Crippen LogP contribution in [0.25, 0.3) is 5.57 Å². The molecule has 2 N–H and O–H groups in total. The van der Waals surface area contributed by atoms with Crippen molar-refractivity contribution in [3.8, 4) is 0 Å². The lowest BCUT2D eigenvalue weighted by molar-refractivity contribution is 0.377. The number of hydrogen-bond donors (Lipinski definition) is 2. The van der Waals surface area contributed by atoms with Gasteiger partial charge in [-0.1, -0.05) is 54.9 Å². The van der Waals surface area contributed by atoms with Crippen LogP contribution in [0.3, 0.4) is 0 Å². The standard InChI is InChI=1S/C22H33Cl2N3O/c1-6-16(12-14(5)25-9-4)26-13-17-21(27-28-22(17)15-10-11-15)20(18(23)7-2)19(24)8-3/h7-8,14-16,25-26H,2,6,9-13H2,1,3-5H3/b19-8+,20-18-. The average molecular weight is 426 g/mol. The van der Waals surface area contributed by atoms with Gasteiger partial charge in [-0.25, -0.2) is 0 Å².